The number of amides is 1. The minimum Gasteiger partial charge on any atom is -0.331 e. The van der Waals surface area contributed by atoms with E-state index in [4.69, 9.17) is 5.84 Å². The van der Waals surface area contributed by atoms with E-state index in [-0.39, 0.29) is 23.1 Å². The Labute approximate surface area is 167 Å². The number of pyridine rings is 1. The van der Waals surface area contributed by atoms with Crippen molar-refractivity contribution < 1.29 is 22.7 Å². The van der Waals surface area contributed by atoms with Crippen LogP contribution in [0.4, 0.5) is 0 Å². The summed E-state index contributed by atoms with van der Waals surface area (Å²) in [6.07, 6.45) is 5.33. The van der Waals surface area contributed by atoms with Crippen LogP contribution in [0.5, 0.6) is 0 Å². The standard InChI is InChI=1S/C18H20N4O4S2/c19-20-8-1-4-14(11-20)28(25,26)22-12-16(23)18-15(22)7-9-21(18)17(24)6-5-13-3-2-10-27-13/h1-4,6,8,10-11,15,18H,5,7,9,12,19H2/q+1. The number of likely N-dealkylation sites (tertiary alicyclic amines) is 1. The van der Waals surface area contributed by atoms with Gasteiger partial charge in [-0.15, -0.1) is 11.3 Å². The second-order valence-corrected chi connectivity index (χ2v) is 9.75. The van der Waals surface area contributed by atoms with Gasteiger partial charge in [0.15, 0.2) is 12.0 Å². The van der Waals surface area contributed by atoms with Crippen molar-refractivity contribution in [2.45, 2.75) is 29.8 Å². The largest absolute Gasteiger partial charge is 0.331 e. The Morgan fingerprint density at radius 3 is 2.89 bits per heavy atom. The lowest BCUT2D eigenvalue weighted by molar-refractivity contribution is -0.641. The first-order valence-corrected chi connectivity index (χ1v) is 11.2. The summed E-state index contributed by atoms with van der Waals surface area (Å²) in [5, 5.41) is 1.94. The van der Waals surface area contributed by atoms with Gasteiger partial charge < -0.3 is 4.90 Å². The topological polar surface area (TPSA) is 105 Å². The van der Waals surface area contributed by atoms with Crippen LogP contribution in [-0.4, -0.2) is 54.5 Å². The predicted molar refractivity (Wildman–Crippen MR) is 102 cm³/mol. The predicted octanol–water partition coefficient (Wildman–Crippen LogP) is -0.261. The summed E-state index contributed by atoms with van der Waals surface area (Å²) in [5.74, 6) is 5.16. The van der Waals surface area contributed by atoms with Gasteiger partial charge in [0.1, 0.15) is 10.9 Å². The maximum absolute atomic E-state index is 13.0. The maximum Gasteiger partial charge on any atom is 0.249 e. The fourth-order valence-electron chi connectivity index (χ4n) is 3.83. The first-order chi connectivity index (χ1) is 13.4. The average molecular weight is 421 g/mol. The van der Waals surface area contributed by atoms with Crippen LogP contribution < -0.4 is 10.5 Å². The monoisotopic (exact) mass is 420 g/mol. The lowest BCUT2D eigenvalue weighted by atomic mass is 10.1. The van der Waals surface area contributed by atoms with Crippen LogP contribution in [0.1, 0.15) is 11.3 Å². The van der Waals surface area contributed by atoms with Crippen molar-refractivity contribution in [1.82, 2.24) is 9.21 Å². The molecule has 147 valence electrons. The van der Waals surface area contributed by atoms with E-state index in [1.54, 1.807) is 17.8 Å². The first kappa shape index (κ1) is 19.0. The minimum absolute atomic E-state index is 0.0278. The Balaban J connectivity index is 1.52. The Morgan fingerprint density at radius 1 is 1.36 bits per heavy atom. The Bertz CT molecular complexity index is 1010. The molecule has 2 aromatic heterocycles. The third kappa shape index (κ3) is 3.31. The number of carbonyl (C=O) groups is 2. The van der Waals surface area contributed by atoms with E-state index in [0.717, 1.165) is 9.55 Å². The van der Waals surface area contributed by atoms with Gasteiger partial charge in [-0.2, -0.15) is 4.31 Å². The SMILES string of the molecule is N[n+]1cccc(S(=O)(=O)N2CC(=O)C3C2CCN3C(=O)[CH]Cc2cccs2)c1. The number of fused-ring (bicyclic) bond motifs is 1. The highest BCUT2D eigenvalue weighted by Crippen LogP contribution is 2.34. The summed E-state index contributed by atoms with van der Waals surface area (Å²) in [5.41, 5.74) is 0. The summed E-state index contributed by atoms with van der Waals surface area (Å²) in [6, 6.07) is 5.58. The molecule has 0 saturated carbocycles. The molecule has 4 rings (SSSR count). The van der Waals surface area contributed by atoms with Crippen LogP contribution in [0.25, 0.3) is 0 Å². The fourth-order valence-corrected chi connectivity index (χ4v) is 6.15. The number of Topliss-reactive ketones (excluding diaryl/α,β-unsaturated/α-hetero) is 1. The third-order valence-corrected chi connectivity index (χ3v) is 7.87. The maximum atomic E-state index is 13.0. The Hall–Kier alpha value is -2.30. The van der Waals surface area contributed by atoms with Crippen molar-refractivity contribution in [1.29, 1.82) is 0 Å². The van der Waals surface area contributed by atoms with Gasteiger partial charge in [-0.05, 0) is 30.4 Å². The van der Waals surface area contributed by atoms with E-state index < -0.39 is 22.1 Å². The van der Waals surface area contributed by atoms with Gasteiger partial charge in [0.2, 0.25) is 22.1 Å². The molecule has 2 aromatic rings. The summed E-state index contributed by atoms with van der Waals surface area (Å²) < 4.78 is 28.4. The Kier molecular flexibility index (Phi) is 4.94. The summed E-state index contributed by atoms with van der Waals surface area (Å²) >= 11 is 1.56. The van der Waals surface area contributed by atoms with Crippen LogP contribution in [0.3, 0.4) is 0 Å². The third-order valence-electron chi connectivity index (χ3n) is 5.12. The molecule has 0 bridgehead atoms. The number of hydrogen-bond acceptors (Lipinski definition) is 6. The van der Waals surface area contributed by atoms with Crippen LogP contribution in [-0.2, 0) is 26.0 Å². The van der Waals surface area contributed by atoms with Crippen molar-refractivity contribution in [3.8, 4) is 0 Å². The second-order valence-electron chi connectivity index (χ2n) is 6.82. The highest BCUT2D eigenvalue weighted by molar-refractivity contribution is 7.89. The molecule has 0 spiro atoms. The van der Waals surface area contributed by atoms with Gasteiger partial charge in [-0.1, -0.05) is 10.7 Å². The van der Waals surface area contributed by atoms with Gasteiger partial charge >= 0.3 is 0 Å². The molecule has 2 aliphatic heterocycles. The molecule has 0 aliphatic carbocycles. The normalized spacial score (nSPS) is 22.6. The number of nitrogens with zero attached hydrogens (tertiary/aromatic N) is 3. The number of nitrogens with two attached hydrogens (primary N) is 1. The summed E-state index contributed by atoms with van der Waals surface area (Å²) in [4.78, 5) is 27.8. The molecule has 2 fully saturated rings. The molecule has 2 saturated heterocycles. The zero-order chi connectivity index (χ0) is 19.9. The first-order valence-electron chi connectivity index (χ1n) is 8.85. The van der Waals surface area contributed by atoms with Crippen LogP contribution >= 0.6 is 11.3 Å². The van der Waals surface area contributed by atoms with Crippen molar-refractivity contribution in [3.05, 3.63) is 53.3 Å². The van der Waals surface area contributed by atoms with Crippen LogP contribution in [0.2, 0.25) is 0 Å². The van der Waals surface area contributed by atoms with Crippen molar-refractivity contribution in [2.75, 3.05) is 18.9 Å². The zero-order valence-corrected chi connectivity index (χ0v) is 16.6. The highest BCUT2D eigenvalue weighted by Gasteiger charge is 2.53. The Morgan fingerprint density at radius 2 is 2.18 bits per heavy atom. The quantitative estimate of drug-likeness (QED) is 0.530. The molecular weight excluding hydrogens is 400 g/mol. The lowest BCUT2D eigenvalue weighted by Crippen LogP contribution is -2.46. The molecule has 2 unspecified atom stereocenters. The molecule has 2 N–H and O–H groups in total. The van der Waals surface area contributed by atoms with Gasteiger partial charge in [0.05, 0.1) is 19.0 Å². The zero-order valence-electron chi connectivity index (χ0n) is 15.0. The van der Waals surface area contributed by atoms with E-state index in [1.165, 1.54) is 33.7 Å². The molecule has 1 radical (unpaired) electrons. The molecule has 8 nitrogen and oxygen atoms in total. The van der Waals surface area contributed by atoms with Crippen molar-refractivity contribution in [3.63, 3.8) is 0 Å². The lowest BCUT2D eigenvalue weighted by Gasteiger charge is -2.23. The van der Waals surface area contributed by atoms with Crippen LogP contribution in [0.15, 0.2) is 46.9 Å². The van der Waals surface area contributed by atoms with E-state index in [1.807, 2.05) is 17.5 Å². The van der Waals surface area contributed by atoms with Crippen molar-refractivity contribution in [2.24, 2.45) is 0 Å². The molecule has 1 amide bonds. The van der Waals surface area contributed by atoms with E-state index in [2.05, 4.69) is 0 Å². The fraction of sp³-hybridized carbons (Fsp3) is 0.333. The molecule has 2 atom stereocenters. The molecule has 10 heteroatoms. The number of hydrogen-bond donors (Lipinski definition) is 1. The number of sulfonamides is 1. The number of ketones is 1. The van der Waals surface area contributed by atoms with Gasteiger partial charge in [-0.25, -0.2) is 14.3 Å². The molecular formula is C18H20N4O4S2+. The van der Waals surface area contributed by atoms with Gasteiger partial charge in [0, 0.05) is 17.5 Å². The van der Waals surface area contributed by atoms with Gasteiger partial charge in [-0.3, -0.25) is 9.59 Å². The number of aromatic nitrogens is 1. The molecule has 2 aliphatic rings. The molecule has 28 heavy (non-hydrogen) atoms. The van der Waals surface area contributed by atoms with E-state index >= 15 is 0 Å². The number of nitrogen functional groups attached to an aromatic ring is 1. The second kappa shape index (κ2) is 7.26. The molecule has 0 aromatic carbocycles. The number of rotatable bonds is 5. The van der Waals surface area contributed by atoms with E-state index in [0.29, 0.717) is 19.4 Å². The van der Waals surface area contributed by atoms with Crippen LogP contribution in [0, 0.1) is 6.42 Å². The highest BCUT2D eigenvalue weighted by atomic mass is 32.2. The number of carbonyl (C=O) groups excluding carboxylic acids is 2. The summed E-state index contributed by atoms with van der Waals surface area (Å²) in [7, 11) is -3.88. The molecule has 4 heterocycles. The van der Waals surface area contributed by atoms with Crippen molar-refractivity contribution >= 4 is 33.1 Å². The van der Waals surface area contributed by atoms with Gasteiger partial charge in [0.25, 0.3) is 0 Å². The summed E-state index contributed by atoms with van der Waals surface area (Å²) in [6.45, 7) is 0.129. The number of thiophene rings is 1. The average Bonchev–Trinajstić information content (AvgIpc) is 3.38. The van der Waals surface area contributed by atoms with E-state index in [9.17, 15) is 18.0 Å². The smallest absolute Gasteiger partial charge is 0.249 e. The minimum atomic E-state index is -3.88.